The van der Waals surface area contributed by atoms with Gasteiger partial charge in [0.05, 0.1) is 19.8 Å². The van der Waals surface area contributed by atoms with E-state index >= 15 is 0 Å². The number of hydrogen-bond acceptors (Lipinski definition) is 8. The molecule has 5 rings (SSSR count). The van der Waals surface area contributed by atoms with Crippen molar-refractivity contribution in [3.63, 3.8) is 0 Å². The smallest absolute Gasteiger partial charge is 0.266 e. The van der Waals surface area contributed by atoms with Gasteiger partial charge in [0.15, 0.2) is 11.6 Å². The van der Waals surface area contributed by atoms with Crippen molar-refractivity contribution in [2.45, 2.75) is 24.5 Å². The third-order valence-corrected chi connectivity index (χ3v) is 8.34. The van der Waals surface area contributed by atoms with Crippen molar-refractivity contribution in [2.75, 3.05) is 52.6 Å². The molecule has 2 atom stereocenters. The number of nitrogens with zero attached hydrogens (tertiary/aromatic N) is 2. The highest BCUT2D eigenvalue weighted by atomic mass is 79.9. The number of ether oxygens (including phenoxy) is 3. The van der Waals surface area contributed by atoms with Gasteiger partial charge in [0.1, 0.15) is 5.75 Å². The Morgan fingerprint density at radius 3 is 2.57 bits per heavy atom. The largest absolute Gasteiger partial charge is 0.494 e. The number of nitrogens with one attached hydrogen (secondary N) is 2. The van der Waals surface area contributed by atoms with E-state index in [4.69, 9.17) is 24.3 Å². The summed E-state index contributed by atoms with van der Waals surface area (Å²) in [6, 6.07) is 25.2. The number of aliphatic imine (C=N–C) groups is 1. The van der Waals surface area contributed by atoms with Crippen LogP contribution in [-0.4, -0.2) is 80.0 Å². The van der Waals surface area contributed by atoms with E-state index in [0.717, 1.165) is 54.0 Å². The van der Waals surface area contributed by atoms with E-state index in [1.165, 1.54) is 0 Å². The van der Waals surface area contributed by atoms with E-state index in [-0.39, 0.29) is 12.5 Å². The minimum Gasteiger partial charge on any atom is -0.494 e. The zero-order chi connectivity index (χ0) is 30.6. The summed E-state index contributed by atoms with van der Waals surface area (Å²) in [5.74, 6) is 0.781. The Kier molecular flexibility index (Phi) is 11.6. The lowest BCUT2D eigenvalue weighted by atomic mass is 9.84. The first-order valence-corrected chi connectivity index (χ1v) is 15.8. The van der Waals surface area contributed by atoms with Gasteiger partial charge in [0.25, 0.3) is 5.91 Å². The fraction of sp³-hybridized carbons (Fsp3) is 0.353. The Morgan fingerprint density at radius 2 is 1.82 bits per heavy atom. The molecule has 2 aliphatic heterocycles. The second-order valence-electron chi connectivity index (χ2n) is 10.7. The van der Waals surface area contributed by atoms with E-state index in [9.17, 15) is 4.79 Å². The van der Waals surface area contributed by atoms with Gasteiger partial charge in [-0.25, -0.2) is 10.4 Å². The average Bonchev–Trinajstić information content (AvgIpc) is 3.45. The van der Waals surface area contributed by atoms with Crippen LogP contribution >= 0.6 is 15.9 Å². The zero-order valence-corrected chi connectivity index (χ0v) is 26.2. The molecule has 0 radical (unpaired) electrons. The fourth-order valence-electron chi connectivity index (χ4n) is 5.21. The molecule has 0 unspecified atom stereocenters. The van der Waals surface area contributed by atoms with Crippen LogP contribution in [0.5, 0.6) is 5.75 Å². The fourth-order valence-corrected chi connectivity index (χ4v) is 5.70. The SMILES string of the molecule is O=C(NNCCN1CCOCC1)[C@@]1(C/C=C/c2ccccc2)N=C(c2ccc(OCCCO)cc2)O[C@H]1c1ccccc1Br. The summed E-state index contributed by atoms with van der Waals surface area (Å²) in [5.41, 5.74) is 7.39. The van der Waals surface area contributed by atoms with Crippen LogP contribution in [0.4, 0.5) is 0 Å². The third kappa shape index (κ3) is 8.13. The van der Waals surface area contributed by atoms with Crippen LogP contribution in [0.1, 0.15) is 35.6 Å². The summed E-state index contributed by atoms with van der Waals surface area (Å²) in [6.07, 6.45) is 4.15. The summed E-state index contributed by atoms with van der Waals surface area (Å²) < 4.78 is 18.6. The average molecular weight is 664 g/mol. The molecule has 0 bridgehead atoms. The van der Waals surface area contributed by atoms with Crippen molar-refractivity contribution in [1.82, 2.24) is 15.8 Å². The van der Waals surface area contributed by atoms with Gasteiger partial charge in [0.2, 0.25) is 5.90 Å². The van der Waals surface area contributed by atoms with Gasteiger partial charge in [-0.2, -0.15) is 0 Å². The van der Waals surface area contributed by atoms with Crippen LogP contribution in [-0.2, 0) is 14.3 Å². The van der Waals surface area contributed by atoms with Gasteiger partial charge in [0, 0.05) is 61.2 Å². The first-order chi connectivity index (χ1) is 21.6. The minimum atomic E-state index is -1.30. The number of benzene rings is 3. The first-order valence-electron chi connectivity index (χ1n) is 15.0. The molecule has 44 heavy (non-hydrogen) atoms. The van der Waals surface area contributed by atoms with Gasteiger partial charge in [-0.15, -0.1) is 0 Å². The molecule has 1 fully saturated rings. The van der Waals surface area contributed by atoms with Crippen LogP contribution in [0.25, 0.3) is 6.08 Å². The molecular formula is C34H39BrN4O5. The minimum absolute atomic E-state index is 0.0735. The number of carbonyl (C=O) groups is 1. The predicted molar refractivity (Wildman–Crippen MR) is 174 cm³/mol. The summed E-state index contributed by atoms with van der Waals surface area (Å²) >= 11 is 3.69. The van der Waals surface area contributed by atoms with Gasteiger partial charge in [-0.1, -0.05) is 76.6 Å². The van der Waals surface area contributed by atoms with E-state index < -0.39 is 11.6 Å². The van der Waals surface area contributed by atoms with Crippen molar-refractivity contribution in [3.05, 3.63) is 106 Å². The molecule has 9 nitrogen and oxygen atoms in total. The highest BCUT2D eigenvalue weighted by Crippen LogP contribution is 2.45. The number of hydrazine groups is 1. The number of hydrogen-bond donors (Lipinski definition) is 3. The normalized spacial score (nSPS) is 20.3. The number of halogens is 1. The quantitative estimate of drug-likeness (QED) is 0.172. The molecule has 232 valence electrons. The molecule has 0 saturated carbocycles. The number of aliphatic hydroxyl groups excluding tert-OH is 1. The third-order valence-electron chi connectivity index (χ3n) is 7.62. The zero-order valence-electron chi connectivity index (χ0n) is 24.7. The Hall–Kier alpha value is -3.54. The Bertz CT molecular complexity index is 1410. The standard InChI is InChI=1S/C34H39BrN4O5/c35-30-12-5-4-11-29(30)31-34(17-6-10-26-8-2-1-3-9-26,33(41)38-36-18-19-39-20-24-42-25-21-39)37-32(44-31)27-13-15-28(16-14-27)43-23-7-22-40/h1-6,8-16,31,36,40H,7,17-25H2,(H,38,41)/b10-6+/t31-,34-/m0/s1. The molecule has 2 heterocycles. The second kappa shape index (κ2) is 16.0. The lowest BCUT2D eigenvalue weighted by Crippen LogP contribution is -2.54. The summed E-state index contributed by atoms with van der Waals surface area (Å²) in [4.78, 5) is 21.6. The molecule has 0 aliphatic carbocycles. The highest BCUT2D eigenvalue weighted by Gasteiger charge is 2.53. The topological polar surface area (TPSA) is 105 Å². The van der Waals surface area contributed by atoms with Gasteiger partial charge >= 0.3 is 0 Å². The van der Waals surface area contributed by atoms with Gasteiger partial charge in [-0.05, 0) is 35.9 Å². The molecule has 3 aromatic carbocycles. The maximum Gasteiger partial charge on any atom is 0.266 e. The van der Waals surface area contributed by atoms with Crippen molar-refractivity contribution in [3.8, 4) is 5.75 Å². The van der Waals surface area contributed by atoms with E-state index in [1.807, 2.05) is 91.0 Å². The predicted octanol–water partition coefficient (Wildman–Crippen LogP) is 4.52. The summed E-state index contributed by atoms with van der Waals surface area (Å²) in [5, 5.41) is 9.05. The molecule has 0 aromatic heterocycles. The van der Waals surface area contributed by atoms with E-state index in [2.05, 4.69) is 31.7 Å². The molecule has 0 spiro atoms. The molecule has 3 aromatic rings. The Labute approximate surface area is 267 Å². The van der Waals surface area contributed by atoms with Crippen molar-refractivity contribution < 1.29 is 24.1 Å². The maximum atomic E-state index is 14.2. The van der Waals surface area contributed by atoms with Crippen LogP contribution in [0.2, 0.25) is 0 Å². The van der Waals surface area contributed by atoms with Gasteiger partial charge < -0.3 is 19.3 Å². The van der Waals surface area contributed by atoms with Crippen molar-refractivity contribution in [2.24, 2.45) is 4.99 Å². The summed E-state index contributed by atoms with van der Waals surface area (Å²) in [7, 11) is 0. The number of carbonyl (C=O) groups excluding carboxylic acids is 1. The van der Waals surface area contributed by atoms with E-state index in [0.29, 0.717) is 37.6 Å². The monoisotopic (exact) mass is 662 g/mol. The number of amides is 1. The van der Waals surface area contributed by atoms with Crippen LogP contribution in [0.15, 0.2) is 94.4 Å². The molecule has 10 heteroatoms. The van der Waals surface area contributed by atoms with E-state index in [1.54, 1.807) is 0 Å². The first kappa shape index (κ1) is 31.9. The number of morpholine rings is 1. The molecule has 1 saturated heterocycles. The van der Waals surface area contributed by atoms with Crippen LogP contribution in [0.3, 0.4) is 0 Å². The molecule has 1 amide bonds. The maximum absolute atomic E-state index is 14.2. The lowest BCUT2D eigenvalue weighted by molar-refractivity contribution is -0.129. The van der Waals surface area contributed by atoms with Crippen molar-refractivity contribution in [1.29, 1.82) is 0 Å². The Balaban J connectivity index is 1.44. The molecule has 2 aliphatic rings. The molecular weight excluding hydrogens is 624 g/mol. The lowest BCUT2D eigenvalue weighted by Gasteiger charge is -2.31. The summed E-state index contributed by atoms with van der Waals surface area (Å²) in [6.45, 7) is 5.06. The van der Waals surface area contributed by atoms with Crippen molar-refractivity contribution >= 4 is 33.8 Å². The van der Waals surface area contributed by atoms with Crippen LogP contribution < -0.4 is 15.6 Å². The number of aliphatic hydroxyl groups is 1. The van der Waals surface area contributed by atoms with Crippen LogP contribution in [0, 0.1) is 0 Å². The second-order valence-corrected chi connectivity index (χ2v) is 11.5. The van der Waals surface area contributed by atoms with Gasteiger partial charge in [-0.3, -0.25) is 15.1 Å². The Morgan fingerprint density at radius 1 is 1.07 bits per heavy atom. The number of rotatable bonds is 14. The highest BCUT2D eigenvalue weighted by molar-refractivity contribution is 9.10. The molecule has 3 N–H and O–H groups in total.